The van der Waals surface area contributed by atoms with Crippen molar-refractivity contribution in [2.75, 3.05) is 0 Å². The largest absolute Gasteiger partial charge is 0.487 e. The summed E-state index contributed by atoms with van der Waals surface area (Å²) in [6.45, 7) is 6.81. The topological polar surface area (TPSA) is 27.1 Å². The van der Waals surface area contributed by atoms with E-state index in [0.717, 1.165) is 28.6 Å². The highest BCUT2D eigenvalue weighted by Crippen LogP contribution is 2.28. The standard InChI is InChI=1S/C16H21ClN2O/c1-5-13-16(17)14(19(4)18-13)10-20-15-9-7-6-8-12(15)11(2)3/h6-9,11H,5,10H2,1-4H3. The molecule has 0 saturated heterocycles. The Morgan fingerprint density at radius 1 is 1.30 bits per heavy atom. The highest BCUT2D eigenvalue weighted by molar-refractivity contribution is 6.31. The summed E-state index contributed by atoms with van der Waals surface area (Å²) >= 11 is 6.33. The first kappa shape index (κ1) is 14.9. The van der Waals surface area contributed by atoms with E-state index in [1.807, 2.05) is 32.2 Å². The lowest BCUT2D eigenvalue weighted by molar-refractivity contribution is 0.291. The molecular formula is C16H21ClN2O. The van der Waals surface area contributed by atoms with E-state index in [1.165, 1.54) is 5.56 Å². The number of aromatic nitrogens is 2. The van der Waals surface area contributed by atoms with E-state index < -0.39 is 0 Å². The maximum absolute atomic E-state index is 6.33. The van der Waals surface area contributed by atoms with Crippen molar-refractivity contribution < 1.29 is 4.74 Å². The minimum atomic E-state index is 0.430. The van der Waals surface area contributed by atoms with Gasteiger partial charge in [-0.25, -0.2) is 0 Å². The lowest BCUT2D eigenvalue weighted by Gasteiger charge is -2.14. The van der Waals surface area contributed by atoms with Gasteiger partial charge in [0.2, 0.25) is 0 Å². The Morgan fingerprint density at radius 3 is 2.60 bits per heavy atom. The first-order valence-electron chi connectivity index (χ1n) is 6.96. The third kappa shape index (κ3) is 2.98. The van der Waals surface area contributed by atoms with Crippen LogP contribution in [-0.2, 0) is 20.1 Å². The number of hydrogen-bond acceptors (Lipinski definition) is 2. The Bertz CT molecular complexity index is 590. The van der Waals surface area contributed by atoms with Gasteiger partial charge in [-0.2, -0.15) is 5.10 Å². The second kappa shape index (κ2) is 6.31. The van der Waals surface area contributed by atoms with Gasteiger partial charge in [0.25, 0.3) is 0 Å². The predicted molar refractivity (Wildman–Crippen MR) is 82.5 cm³/mol. The average Bonchev–Trinajstić information content (AvgIpc) is 2.71. The smallest absolute Gasteiger partial charge is 0.131 e. The zero-order valence-electron chi connectivity index (χ0n) is 12.5. The van der Waals surface area contributed by atoms with E-state index in [2.05, 4.69) is 25.0 Å². The third-order valence-electron chi connectivity index (χ3n) is 3.41. The predicted octanol–water partition coefficient (Wildman–Crippen LogP) is 4.34. The van der Waals surface area contributed by atoms with Crippen LogP contribution in [0.1, 0.15) is 43.6 Å². The van der Waals surface area contributed by atoms with Crippen molar-refractivity contribution in [2.24, 2.45) is 7.05 Å². The van der Waals surface area contributed by atoms with Crippen LogP contribution in [-0.4, -0.2) is 9.78 Å². The second-order valence-corrected chi connectivity index (χ2v) is 5.54. The van der Waals surface area contributed by atoms with Crippen LogP contribution in [0.2, 0.25) is 5.02 Å². The number of rotatable bonds is 5. The second-order valence-electron chi connectivity index (χ2n) is 5.17. The van der Waals surface area contributed by atoms with Crippen LogP contribution >= 0.6 is 11.6 Å². The summed E-state index contributed by atoms with van der Waals surface area (Å²) in [5, 5.41) is 5.12. The van der Waals surface area contributed by atoms with Gasteiger partial charge in [0, 0.05) is 7.05 Å². The summed E-state index contributed by atoms with van der Waals surface area (Å²) in [6.07, 6.45) is 0.829. The maximum atomic E-state index is 6.33. The number of hydrogen-bond donors (Lipinski definition) is 0. The van der Waals surface area contributed by atoms with Gasteiger partial charge in [-0.15, -0.1) is 0 Å². The molecule has 0 amide bonds. The van der Waals surface area contributed by atoms with E-state index in [9.17, 15) is 0 Å². The molecule has 108 valence electrons. The van der Waals surface area contributed by atoms with Crippen molar-refractivity contribution in [1.82, 2.24) is 9.78 Å². The quantitative estimate of drug-likeness (QED) is 0.820. The molecular weight excluding hydrogens is 272 g/mol. The van der Waals surface area contributed by atoms with Crippen LogP contribution < -0.4 is 4.74 Å². The van der Waals surface area contributed by atoms with Crippen LogP contribution in [0.5, 0.6) is 5.75 Å². The molecule has 0 bridgehead atoms. The fourth-order valence-electron chi connectivity index (χ4n) is 2.21. The van der Waals surface area contributed by atoms with Crippen LogP contribution in [0.25, 0.3) is 0 Å². The summed E-state index contributed by atoms with van der Waals surface area (Å²) in [5.74, 6) is 1.34. The van der Waals surface area contributed by atoms with Gasteiger partial charge in [-0.3, -0.25) is 4.68 Å². The Balaban J connectivity index is 2.19. The molecule has 4 heteroatoms. The zero-order valence-corrected chi connectivity index (χ0v) is 13.2. The van der Waals surface area contributed by atoms with Crippen LogP contribution in [0.15, 0.2) is 24.3 Å². The molecule has 2 rings (SSSR count). The van der Waals surface area contributed by atoms with Gasteiger partial charge < -0.3 is 4.74 Å². The number of halogens is 1. The normalized spacial score (nSPS) is 11.1. The average molecular weight is 293 g/mol. The summed E-state index contributed by atoms with van der Waals surface area (Å²) in [4.78, 5) is 0. The number of para-hydroxylation sites is 1. The van der Waals surface area contributed by atoms with Crippen LogP contribution in [0.3, 0.4) is 0 Å². The monoisotopic (exact) mass is 292 g/mol. The fraction of sp³-hybridized carbons (Fsp3) is 0.438. The van der Waals surface area contributed by atoms with E-state index in [-0.39, 0.29) is 0 Å². The summed E-state index contributed by atoms with van der Waals surface area (Å²) in [5.41, 5.74) is 3.05. The Morgan fingerprint density at radius 2 is 2.00 bits per heavy atom. The van der Waals surface area contributed by atoms with Gasteiger partial charge in [-0.05, 0) is 24.0 Å². The van der Waals surface area contributed by atoms with Crippen molar-refractivity contribution >= 4 is 11.6 Å². The summed E-state index contributed by atoms with van der Waals surface area (Å²) < 4.78 is 7.76. The molecule has 3 nitrogen and oxygen atoms in total. The molecule has 0 saturated carbocycles. The molecule has 1 aromatic carbocycles. The van der Waals surface area contributed by atoms with Gasteiger partial charge in [-0.1, -0.05) is 50.6 Å². The summed E-state index contributed by atoms with van der Waals surface area (Å²) in [6, 6.07) is 8.13. The Labute approximate surface area is 125 Å². The Kier molecular flexibility index (Phi) is 4.71. The molecule has 0 aliphatic rings. The van der Waals surface area contributed by atoms with Gasteiger partial charge in [0.05, 0.1) is 16.4 Å². The minimum Gasteiger partial charge on any atom is -0.487 e. The highest BCUT2D eigenvalue weighted by atomic mass is 35.5. The first-order chi connectivity index (χ1) is 9.54. The van der Waals surface area contributed by atoms with Crippen molar-refractivity contribution in [3.63, 3.8) is 0 Å². The molecule has 0 atom stereocenters. The molecule has 0 N–H and O–H groups in total. The molecule has 0 fully saturated rings. The molecule has 0 unspecified atom stereocenters. The molecule has 2 aromatic rings. The van der Waals surface area contributed by atoms with Crippen LogP contribution in [0.4, 0.5) is 0 Å². The SMILES string of the molecule is CCc1nn(C)c(COc2ccccc2C(C)C)c1Cl. The van der Waals surface area contributed by atoms with E-state index in [1.54, 1.807) is 4.68 Å². The van der Waals surface area contributed by atoms with E-state index >= 15 is 0 Å². The molecule has 0 aliphatic heterocycles. The molecule has 0 spiro atoms. The number of ether oxygens (including phenoxy) is 1. The lowest BCUT2D eigenvalue weighted by Crippen LogP contribution is -2.05. The van der Waals surface area contributed by atoms with Crippen molar-refractivity contribution in [3.8, 4) is 5.75 Å². The molecule has 0 radical (unpaired) electrons. The van der Waals surface area contributed by atoms with Gasteiger partial charge >= 0.3 is 0 Å². The molecule has 20 heavy (non-hydrogen) atoms. The maximum Gasteiger partial charge on any atom is 0.131 e. The molecule has 0 aliphatic carbocycles. The van der Waals surface area contributed by atoms with E-state index in [4.69, 9.17) is 16.3 Å². The zero-order chi connectivity index (χ0) is 14.7. The summed E-state index contributed by atoms with van der Waals surface area (Å²) in [7, 11) is 1.90. The minimum absolute atomic E-state index is 0.430. The van der Waals surface area contributed by atoms with Crippen molar-refractivity contribution in [3.05, 3.63) is 46.2 Å². The first-order valence-corrected chi connectivity index (χ1v) is 7.34. The molecule has 1 aromatic heterocycles. The van der Waals surface area contributed by atoms with E-state index in [0.29, 0.717) is 12.5 Å². The number of benzene rings is 1. The van der Waals surface area contributed by atoms with Gasteiger partial charge in [0.1, 0.15) is 12.4 Å². The van der Waals surface area contributed by atoms with Crippen molar-refractivity contribution in [2.45, 2.75) is 39.7 Å². The number of aryl methyl sites for hydroxylation is 2. The Hall–Kier alpha value is -1.48. The third-order valence-corrected chi connectivity index (χ3v) is 3.84. The lowest BCUT2D eigenvalue weighted by atomic mass is 10.0. The number of nitrogens with zero attached hydrogens (tertiary/aromatic N) is 2. The van der Waals surface area contributed by atoms with Crippen molar-refractivity contribution in [1.29, 1.82) is 0 Å². The van der Waals surface area contributed by atoms with Crippen LogP contribution in [0, 0.1) is 0 Å². The highest BCUT2D eigenvalue weighted by Gasteiger charge is 2.14. The molecule has 1 heterocycles. The fourth-order valence-corrected chi connectivity index (χ4v) is 2.56. The van der Waals surface area contributed by atoms with Gasteiger partial charge in [0.15, 0.2) is 0 Å².